The van der Waals surface area contributed by atoms with E-state index in [-0.39, 0.29) is 17.4 Å². The third kappa shape index (κ3) is 6.59. The Bertz CT molecular complexity index is 885. The summed E-state index contributed by atoms with van der Waals surface area (Å²) in [5, 5.41) is 3.04. The second-order valence-electron chi connectivity index (χ2n) is 7.33. The van der Waals surface area contributed by atoms with Crippen molar-refractivity contribution in [2.45, 2.75) is 18.7 Å². The van der Waals surface area contributed by atoms with Gasteiger partial charge in [0, 0.05) is 31.1 Å². The summed E-state index contributed by atoms with van der Waals surface area (Å²) in [6, 6.07) is 17.6. The molecule has 1 heterocycles. The number of sulfone groups is 1. The Morgan fingerprint density at radius 1 is 1.07 bits per heavy atom. The van der Waals surface area contributed by atoms with E-state index in [1.807, 2.05) is 35.2 Å². The molecule has 1 aliphatic rings. The zero-order chi connectivity index (χ0) is 20.7. The molecule has 1 fully saturated rings. The van der Waals surface area contributed by atoms with Gasteiger partial charge >= 0.3 is 0 Å². The zero-order valence-electron chi connectivity index (χ0n) is 16.7. The van der Waals surface area contributed by atoms with Gasteiger partial charge in [-0.05, 0) is 18.1 Å². The number of thioether (sulfide) groups is 1. The van der Waals surface area contributed by atoms with Crippen molar-refractivity contribution in [3.63, 3.8) is 0 Å². The van der Waals surface area contributed by atoms with Crippen LogP contribution in [0.2, 0.25) is 0 Å². The minimum atomic E-state index is -2.99. The SMILES string of the molecule is Cc1ccc(CSCCNC(=O)C(c2ccccc2)N2CCS(=O)(=O)CC2)cc1. The maximum absolute atomic E-state index is 13.0. The monoisotopic (exact) mass is 432 g/mol. The highest BCUT2D eigenvalue weighted by molar-refractivity contribution is 7.98. The van der Waals surface area contributed by atoms with E-state index < -0.39 is 15.9 Å². The number of amides is 1. The van der Waals surface area contributed by atoms with Crippen LogP contribution in [0.5, 0.6) is 0 Å². The van der Waals surface area contributed by atoms with Gasteiger partial charge in [0.15, 0.2) is 9.84 Å². The second-order valence-corrected chi connectivity index (χ2v) is 10.7. The van der Waals surface area contributed by atoms with Crippen LogP contribution in [-0.2, 0) is 20.4 Å². The fourth-order valence-corrected chi connectivity index (χ4v) is 5.41. The Balaban J connectivity index is 1.53. The molecule has 156 valence electrons. The molecule has 1 aliphatic heterocycles. The molecule has 0 bridgehead atoms. The predicted octanol–water partition coefficient (Wildman–Crippen LogP) is 2.82. The van der Waals surface area contributed by atoms with Gasteiger partial charge in [-0.1, -0.05) is 60.2 Å². The van der Waals surface area contributed by atoms with Crippen LogP contribution in [0.25, 0.3) is 0 Å². The van der Waals surface area contributed by atoms with Crippen LogP contribution >= 0.6 is 11.8 Å². The molecule has 1 unspecified atom stereocenters. The Morgan fingerprint density at radius 2 is 1.72 bits per heavy atom. The first-order valence-corrected chi connectivity index (χ1v) is 12.8. The third-order valence-corrected chi connectivity index (χ3v) is 7.68. The van der Waals surface area contributed by atoms with Crippen LogP contribution in [0.3, 0.4) is 0 Å². The van der Waals surface area contributed by atoms with Crippen LogP contribution in [0.1, 0.15) is 22.7 Å². The van der Waals surface area contributed by atoms with Crippen molar-refractivity contribution in [3.05, 3.63) is 71.3 Å². The van der Waals surface area contributed by atoms with Gasteiger partial charge in [-0.25, -0.2) is 8.42 Å². The van der Waals surface area contributed by atoms with Gasteiger partial charge in [-0.2, -0.15) is 11.8 Å². The van der Waals surface area contributed by atoms with Gasteiger partial charge in [0.05, 0.1) is 11.5 Å². The number of nitrogens with zero attached hydrogens (tertiary/aromatic N) is 1. The lowest BCUT2D eigenvalue weighted by Gasteiger charge is -2.33. The van der Waals surface area contributed by atoms with Gasteiger partial charge in [0.2, 0.25) is 5.91 Å². The number of benzene rings is 2. The van der Waals surface area contributed by atoms with E-state index in [1.54, 1.807) is 11.8 Å². The van der Waals surface area contributed by atoms with E-state index in [0.717, 1.165) is 17.1 Å². The number of rotatable bonds is 8. The quantitative estimate of drug-likeness (QED) is 0.650. The topological polar surface area (TPSA) is 66.5 Å². The number of hydrogen-bond donors (Lipinski definition) is 1. The average Bonchev–Trinajstić information content (AvgIpc) is 2.71. The first kappa shape index (κ1) is 21.9. The minimum absolute atomic E-state index is 0.0635. The van der Waals surface area contributed by atoms with Crippen LogP contribution in [0.15, 0.2) is 54.6 Å². The molecule has 7 heteroatoms. The van der Waals surface area contributed by atoms with Crippen LogP contribution in [0, 0.1) is 6.92 Å². The molecule has 2 aromatic carbocycles. The Kier molecular flexibility index (Phi) is 7.75. The first-order valence-electron chi connectivity index (χ1n) is 9.85. The number of nitrogens with one attached hydrogen (secondary N) is 1. The van der Waals surface area contributed by atoms with Gasteiger partial charge in [-0.15, -0.1) is 0 Å². The highest BCUT2D eigenvalue weighted by atomic mass is 32.2. The molecule has 1 amide bonds. The molecule has 0 saturated carbocycles. The van der Waals surface area contributed by atoms with Crippen LogP contribution in [0.4, 0.5) is 0 Å². The van der Waals surface area contributed by atoms with E-state index >= 15 is 0 Å². The maximum Gasteiger partial charge on any atom is 0.241 e. The number of aryl methyl sites for hydroxylation is 1. The molecular formula is C22H28N2O3S2. The molecule has 1 N–H and O–H groups in total. The normalized spacial score (nSPS) is 17.6. The molecular weight excluding hydrogens is 404 g/mol. The van der Waals surface area contributed by atoms with Crippen LogP contribution in [-0.4, -0.2) is 56.1 Å². The third-order valence-electron chi connectivity index (χ3n) is 5.04. The summed E-state index contributed by atoms with van der Waals surface area (Å²) >= 11 is 1.79. The molecule has 0 aliphatic carbocycles. The van der Waals surface area contributed by atoms with Gasteiger partial charge in [0.25, 0.3) is 0 Å². The first-order chi connectivity index (χ1) is 13.9. The molecule has 1 atom stereocenters. The summed E-state index contributed by atoms with van der Waals surface area (Å²) in [5.41, 5.74) is 3.43. The molecule has 5 nitrogen and oxygen atoms in total. The standard InChI is InChI=1S/C22H28N2O3S2/c1-18-7-9-19(10-8-18)17-28-14-11-23-22(25)21(20-5-3-2-4-6-20)24-12-15-29(26,27)16-13-24/h2-10,21H,11-17H2,1H3,(H,23,25). The predicted molar refractivity (Wildman–Crippen MR) is 120 cm³/mol. The smallest absolute Gasteiger partial charge is 0.241 e. The average molecular weight is 433 g/mol. The van der Waals surface area contributed by atoms with Crippen molar-refractivity contribution in [1.82, 2.24) is 10.2 Å². The molecule has 29 heavy (non-hydrogen) atoms. The Hall–Kier alpha value is -1.83. The number of carbonyl (C=O) groups excluding carboxylic acids is 1. The molecule has 0 aromatic heterocycles. The molecule has 2 aromatic rings. The van der Waals surface area contributed by atoms with Gasteiger partial charge < -0.3 is 5.32 Å². The van der Waals surface area contributed by atoms with Crippen molar-refractivity contribution in [1.29, 1.82) is 0 Å². The van der Waals surface area contributed by atoms with Crippen molar-refractivity contribution in [2.75, 3.05) is 36.9 Å². The fraction of sp³-hybridized carbons (Fsp3) is 0.409. The molecule has 1 saturated heterocycles. The molecule has 3 rings (SSSR count). The van der Waals surface area contributed by atoms with E-state index in [1.165, 1.54) is 11.1 Å². The summed E-state index contributed by atoms with van der Waals surface area (Å²) in [6.07, 6.45) is 0. The zero-order valence-corrected chi connectivity index (χ0v) is 18.3. The second kappa shape index (κ2) is 10.3. The maximum atomic E-state index is 13.0. The summed E-state index contributed by atoms with van der Waals surface area (Å²) in [4.78, 5) is 14.9. The van der Waals surface area contributed by atoms with E-state index in [9.17, 15) is 13.2 Å². The molecule has 0 spiro atoms. The fourth-order valence-electron chi connectivity index (χ4n) is 3.37. The van der Waals surface area contributed by atoms with E-state index in [4.69, 9.17) is 0 Å². The van der Waals surface area contributed by atoms with Crippen molar-refractivity contribution < 1.29 is 13.2 Å². The summed E-state index contributed by atoms with van der Waals surface area (Å²) in [5.74, 6) is 1.90. The number of hydrogen-bond acceptors (Lipinski definition) is 5. The van der Waals surface area contributed by atoms with Crippen molar-refractivity contribution >= 4 is 27.5 Å². The van der Waals surface area contributed by atoms with Crippen molar-refractivity contribution in [2.24, 2.45) is 0 Å². The lowest BCUT2D eigenvalue weighted by Crippen LogP contribution is -2.47. The summed E-state index contributed by atoms with van der Waals surface area (Å²) < 4.78 is 23.5. The van der Waals surface area contributed by atoms with E-state index in [0.29, 0.717) is 19.6 Å². The largest absolute Gasteiger partial charge is 0.354 e. The van der Waals surface area contributed by atoms with Gasteiger partial charge in [-0.3, -0.25) is 9.69 Å². The van der Waals surface area contributed by atoms with Crippen LogP contribution < -0.4 is 5.32 Å². The Labute approximate surface area is 177 Å². The number of carbonyl (C=O) groups is 1. The summed E-state index contributed by atoms with van der Waals surface area (Å²) in [6.45, 7) is 3.44. The lowest BCUT2D eigenvalue weighted by atomic mass is 10.0. The highest BCUT2D eigenvalue weighted by Crippen LogP contribution is 2.23. The minimum Gasteiger partial charge on any atom is -0.354 e. The summed E-state index contributed by atoms with van der Waals surface area (Å²) in [7, 11) is -2.99. The van der Waals surface area contributed by atoms with Crippen molar-refractivity contribution in [3.8, 4) is 0 Å². The molecule has 0 radical (unpaired) electrons. The van der Waals surface area contributed by atoms with Gasteiger partial charge in [0.1, 0.15) is 6.04 Å². The lowest BCUT2D eigenvalue weighted by molar-refractivity contribution is -0.126. The highest BCUT2D eigenvalue weighted by Gasteiger charge is 2.32. The Morgan fingerprint density at radius 3 is 2.38 bits per heavy atom. The van der Waals surface area contributed by atoms with E-state index in [2.05, 4.69) is 36.5 Å².